The van der Waals surface area contributed by atoms with Gasteiger partial charge in [0, 0.05) is 12.5 Å². The topological polar surface area (TPSA) is 49.3 Å². The highest BCUT2D eigenvalue weighted by Gasteiger charge is 2.20. The lowest BCUT2D eigenvalue weighted by atomic mass is 9.83. The minimum absolute atomic E-state index is 0.0633. The van der Waals surface area contributed by atoms with Gasteiger partial charge in [-0.15, -0.1) is 0 Å². The van der Waals surface area contributed by atoms with Crippen LogP contribution in [0.15, 0.2) is 12.8 Å². The molecule has 3 heteroatoms. The zero-order valence-electron chi connectivity index (χ0n) is 9.99. The van der Waals surface area contributed by atoms with Gasteiger partial charge in [-0.3, -0.25) is 0 Å². The zero-order valence-corrected chi connectivity index (χ0v) is 9.99. The maximum Gasteiger partial charge on any atom is 0.123 e. The van der Waals surface area contributed by atoms with Crippen molar-refractivity contribution in [3.05, 3.63) is 12.8 Å². The molecule has 0 radical (unpaired) electrons. The average Bonchev–Trinajstić information content (AvgIpc) is 2.11. The Kier molecular flexibility index (Phi) is 6.25. The van der Waals surface area contributed by atoms with E-state index in [0.717, 1.165) is 12.7 Å². The Morgan fingerprint density at radius 3 is 2.47 bits per heavy atom. The second kappa shape index (κ2) is 6.62. The van der Waals surface area contributed by atoms with Crippen molar-refractivity contribution in [3.8, 4) is 0 Å². The van der Waals surface area contributed by atoms with Crippen molar-refractivity contribution in [2.24, 2.45) is 11.3 Å². The Morgan fingerprint density at radius 1 is 1.47 bits per heavy atom. The van der Waals surface area contributed by atoms with Gasteiger partial charge in [0.1, 0.15) is 6.29 Å². The van der Waals surface area contributed by atoms with Gasteiger partial charge in [-0.2, -0.15) is 0 Å². The third-order valence-electron chi connectivity index (χ3n) is 2.14. The van der Waals surface area contributed by atoms with E-state index in [1.165, 1.54) is 0 Å². The fraction of sp³-hybridized carbons (Fsp3) is 0.750. The second-order valence-electron chi connectivity index (χ2n) is 5.16. The SMILES string of the molecule is C=CNC[C@H](O)CC(C=O)CC(C)(C)C. The van der Waals surface area contributed by atoms with E-state index in [9.17, 15) is 9.90 Å². The quantitative estimate of drug-likeness (QED) is 0.633. The van der Waals surface area contributed by atoms with Gasteiger partial charge in [0.05, 0.1) is 6.10 Å². The van der Waals surface area contributed by atoms with Crippen molar-refractivity contribution < 1.29 is 9.90 Å². The molecule has 3 nitrogen and oxygen atoms in total. The molecule has 0 bridgehead atoms. The number of aliphatic hydroxyl groups is 1. The Bertz CT molecular complexity index is 196. The van der Waals surface area contributed by atoms with Crippen molar-refractivity contribution in [1.29, 1.82) is 0 Å². The summed E-state index contributed by atoms with van der Waals surface area (Å²) in [6.07, 6.45) is 3.33. The molecule has 0 heterocycles. The van der Waals surface area contributed by atoms with Gasteiger partial charge in [0.2, 0.25) is 0 Å². The van der Waals surface area contributed by atoms with Crippen molar-refractivity contribution in [2.45, 2.75) is 39.7 Å². The van der Waals surface area contributed by atoms with Crippen LogP contribution >= 0.6 is 0 Å². The first kappa shape index (κ1) is 14.2. The van der Waals surface area contributed by atoms with Crippen LogP contribution in [0.2, 0.25) is 0 Å². The molecule has 0 aromatic heterocycles. The van der Waals surface area contributed by atoms with Crippen LogP contribution in [0.4, 0.5) is 0 Å². The van der Waals surface area contributed by atoms with E-state index >= 15 is 0 Å². The molecule has 0 saturated carbocycles. The van der Waals surface area contributed by atoms with Crippen LogP contribution in [0.1, 0.15) is 33.6 Å². The lowest BCUT2D eigenvalue weighted by Gasteiger charge is -2.23. The van der Waals surface area contributed by atoms with Crippen LogP contribution < -0.4 is 5.32 Å². The Labute approximate surface area is 92.6 Å². The van der Waals surface area contributed by atoms with Gasteiger partial charge in [-0.25, -0.2) is 0 Å². The van der Waals surface area contributed by atoms with E-state index in [2.05, 4.69) is 32.7 Å². The number of nitrogens with one attached hydrogen (secondary N) is 1. The highest BCUT2D eigenvalue weighted by atomic mass is 16.3. The Morgan fingerprint density at radius 2 is 2.07 bits per heavy atom. The van der Waals surface area contributed by atoms with Gasteiger partial charge >= 0.3 is 0 Å². The maximum absolute atomic E-state index is 10.8. The van der Waals surface area contributed by atoms with E-state index in [1.54, 1.807) is 6.20 Å². The average molecular weight is 213 g/mol. The van der Waals surface area contributed by atoms with Gasteiger partial charge in [-0.05, 0) is 24.5 Å². The first-order valence-corrected chi connectivity index (χ1v) is 5.36. The molecular weight excluding hydrogens is 190 g/mol. The molecular formula is C12H23NO2. The number of aliphatic hydroxyl groups excluding tert-OH is 1. The van der Waals surface area contributed by atoms with Crippen LogP contribution in [0.5, 0.6) is 0 Å². The normalized spacial score (nSPS) is 15.5. The van der Waals surface area contributed by atoms with E-state index < -0.39 is 6.10 Å². The third-order valence-corrected chi connectivity index (χ3v) is 2.14. The number of hydrogen-bond acceptors (Lipinski definition) is 3. The highest BCUT2D eigenvalue weighted by Crippen LogP contribution is 2.25. The predicted molar refractivity (Wildman–Crippen MR) is 62.4 cm³/mol. The molecule has 88 valence electrons. The molecule has 0 rings (SSSR count). The van der Waals surface area contributed by atoms with Crippen molar-refractivity contribution in [3.63, 3.8) is 0 Å². The molecule has 0 aliphatic carbocycles. The van der Waals surface area contributed by atoms with Crippen LogP contribution in [-0.2, 0) is 4.79 Å². The van der Waals surface area contributed by atoms with Gasteiger partial charge in [0.15, 0.2) is 0 Å². The van der Waals surface area contributed by atoms with E-state index in [0.29, 0.717) is 13.0 Å². The first-order chi connectivity index (χ1) is 6.89. The maximum atomic E-state index is 10.8. The molecule has 0 aliphatic heterocycles. The fourth-order valence-corrected chi connectivity index (χ4v) is 1.63. The molecule has 0 fully saturated rings. The smallest absolute Gasteiger partial charge is 0.123 e. The van der Waals surface area contributed by atoms with Crippen molar-refractivity contribution in [1.82, 2.24) is 5.32 Å². The predicted octanol–water partition coefficient (Wildman–Crippen LogP) is 1.72. The van der Waals surface area contributed by atoms with Crippen LogP contribution in [0.3, 0.4) is 0 Å². The summed E-state index contributed by atoms with van der Waals surface area (Å²) in [4.78, 5) is 10.8. The lowest BCUT2D eigenvalue weighted by molar-refractivity contribution is -0.112. The summed E-state index contributed by atoms with van der Waals surface area (Å²) < 4.78 is 0. The summed E-state index contributed by atoms with van der Waals surface area (Å²) in [5.74, 6) is -0.0633. The number of rotatable bonds is 7. The Hall–Kier alpha value is -0.830. The summed E-state index contributed by atoms with van der Waals surface area (Å²) in [6.45, 7) is 10.2. The first-order valence-electron chi connectivity index (χ1n) is 5.36. The molecule has 0 amide bonds. The standard InChI is InChI=1S/C12H23NO2/c1-5-13-8-11(15)6-10(9-14)7-12(2,3)4/h5,9-11,13,15H,1,6-8H2,2-4H3/t10?,11-/m1/s1. The monoisotopic (exact) mass is 213 g/mol. The van der Waals surface area contributed by atoms with E-state index in [1.807, 2.05) is 0 Å². The minimum Gasteiger partial charge on any atom is -0.391 e. The van der Waals surface area contributed by atoms with E-state index in [-0.39, 0.29) is 11.3 Å². The second-order valence-corrected chi connectivity index (χ2v) is 5.16. The fourth-order valence-electron chi connectivity index (χ4n) is 1.63. The molecule has 0 spiro atoms. The third kappa shape index (κ3) is 8.18. The largest absolute Gasteiger partial charge is 0.391 e. The number of carbonyl (C=O) groups excluding carboxylic acids is 1. The highest BCUT2D eigenvalue weighted by molar-refractivity contribution is 5.53. The number of carbonyl (C=O) groups is 1. The van der Waals surface area contributed by atoms with Crippen LogP contribution in [-0.4, -0.2) is 24.0 Å². The van der Waals surface area contributed by atoms with Crippen LogP contribution in [0, 0.1) is 11.3 Å². The minimum atomic E-state index is -0.486. The van der Waals surface area contributed by atoms with Crippen LogP contribution in [0.25, 0.3) is 0 Å². The molecule has 15 heavy (non-hydrogen) atoms. The van der Waals surface area contributed by atoms with E-state index in [4.69, 9.17) is 0 Å². The summed E-state index contributed by atoms with van der Waals surface area (Å²) >= 11 is 0. The van der Waals surface area contributed by atoms with Crippen molar-refractivity contribution in [2.75, 3.05) is 6.54 Å². The molecule has 2 N–H and O–H groups in total. The van der Waals surface area contributed by atoms with Gasteiger partial charge < -0.3 is 15.2 Å². The zero-order chi connectivity index (χ0) is 11.9. The molecule has 0 saturated heterocycles. The molecule has 1 unspecified atom stereocenters. The number of hydrogen-bond donors (Lipinski definition) is 2. The summed E-state index contributed by atoms with van der Waals surface area (Å²) in [5.41, 5.74) is 0.122. The summed E-state index contributed by atoms with van der Waals surface area (Å²) in [7, 11) is 0. The van der Waals surface area contributed by atoms with Gasteiger partial charge in [0.25, 0.3) is 0 Å². The Balaban J connectivity index is 3.98. The molecule has 2 atom stereocenters. The molecule has 0 aliphatic rings. The molecule has 0 aromatic carbocycles. The molecule has 0 aromatic rings. The summed E-state index contributed by atoms with van der Waals surface area (Å²) in [6, 6.07) is 0. The van der Waals surface area contributed by atoms with Crippen molar-refractivity contribution >= 4 is 6.29 Å². The summed E-state index contributed by atoms with van der Waals surface area (Å²) in [5, 5.41) is 12.4. The number of aldehydes is 1. The van der Waals surface area contributed by atoms with Gasteiger partial charge in [-0.1, -0.05) is 27.4 Å². The lowest BCUT2D eigenvalue weighted by Crippen LogP contribution is -2.27.